The number of benzene rings is 10. The minimum atomic E-state index is 0.901. The molecule has 2 heterocycles. The second-order valence-electron chi connectivity index (χ2n) is 14.5. The van der Waals surface area contributed by atoms with Crippen LogP contribution >= 0.6 is 0 Å². The topological polar surface area (TPSA) is 18.1 Å². The molecule has 0 aliphatic carbocycles. The number of rotatable bonds is 3. The van der Waals surface area contributed by atoms with Gasteiger partial charge in [-0.3, -0.25) is 0 Å². The molecule has 10 aromatic carbocycles. The van der Waals surface area contributed by atoms with Crippen molar-refractivity contribution < 1.29 is 4.42 Å². The van der Waals surface area contributed by atoms with E-state index >= 15 is 0 Å². The Kier molecular flexibility index (Phi) is 6.09. The fourth-order valence-corrected chi connectivity index (χ4v) is 8.96. The molecule has 0 saturated carbocycles. The van der Waals surface area contributed by atoms with Crippen LogP contribution in [0, 0.1) is 0 Å². The van der Waals surface area contributed by atoms with E-state index in [1.807, 2.05) is 0 Å². The molecule has 0 amide bonds. The molecule has 0 unspecified atom stereocenters. The van der Waals surface area contributed by atoms with Gasteiger partial charge in [0.1, 0.15) is 11.2 Å². The first-order valence-corrected chi connectivity index (χ1v) is 18.6. The molecule has 0 N–H and O–H groups in total. The van der Waals surface area contributed by atoms with Crippen molar-refractivity contribution >= 4 is 86.8 Å². The van der Waals surface area contributed by atoms with Gasteiger partial charge >= 0.3 is 0 Å². The van der Waals surface area contributed by atoms with E-state index in [0.717, 1.165) is 27.6 Å². The summed E-state index contributed by atoms with van der Waals surface area (Å²) in [6.45, 7) is 0. The average molecular weight is 686 g/mol. The van der Waals surface area contributed by atoms with Crippen LogP contribution in [0.3, 0.4) is 0 Å². The van der Waals surface area contributed by atoms with Gasteiger partial charge in [-0.15, -0.1) is 0 Å². The molecule has 250 valence electrons. The lowest BCUT2D eigenvalue weighted by Crippen LogP contribution is -1.94. The third-order valence-electron chi connectivity index (χ3n) is 11.5. The lowest BCUT2D eigenvalue weighted by Gasteiger charge is -2.13. The number of hydrogen-bond donors (Lipinski definition) is 0. The van der Waals surface area contributed by atoms with Gasteiger partial charge in [0.15, 0.2) is 0 Å². The van der Waals surface area contributed by atoms with Crippen molar-refractivity contribution in [3.63, 3.8) is 0 Å². The zero-order chi connectivity index (χ0) is 35.3. The second-order valence-corrected chi connectivity index (χ2v) is 14.5. The third-order valence-corrected chi connectivity index (χ3v) is 11.5. The van der Waals surface area contributed by atoms with Crippen LogP contribution in [0.15, 0.2) is 192 Å². The molecule has 0 atom stereocenters. The number of furan rings is 1. The Balaban J connectivity index is 1.13. The van der Waals surface area contributed by atoms with Crippen molar-refractivity contribution in [1.29, 1.82) is 0 Å². The molecule has 2 aromatic heterocycles. The van der Waals surface area contributed by atoms with E-state index in [4.69, 9.17) is 4.42 Å². The Bertz CT molecular complexity index is 3490. The summed E-state index contributed by atoms with van der Waals surface area (Å²) >= 11 is 0. The molecule has 54 heavy (non-hydrogen) atoms. The molecule has 0 spiro atoms. The maximum atomic E-state index is 6.35. The van der Waals surface area contributed by atoms with Crippen LogP contribution in [0.2, 0.25) is 0 Å². The highest BCUT2D eigenvalue weighted by molar-refractivity contribution is 6.29. The first kappa shape index (κ1) is 29.4. The van der Waals surface area contributed by atoms with Crippen molar-refractivity contribution in [1.82, 2.24) is 4.57 Å². The van der Waals surface area contributed by atoms with Crippen LogP contribution in [-0.4, -0.2) is 4.57 Å². The van der Waals surface area contributed by atoms with Gasteiger partial charge in [-0.25, -0.2) is 0 Å². The van der Waals surface area contributed by atoms with E-state index in [1.54, 1.807) is 0 Å². The van der Waals surface area contributed by atoms with Crippen LogP contribution < -0.4 is 0 Å². The monoisotopic (exact) mass is 685 g/mol. The second kappa shape index (κ2) is 11.2. The standard InChI is InChI=1S/C52H31NO/c1-2-10-32(11-3-1)35-20-24-51-47(28-35)48-29-37(21-25-52(48)54-51)36-19-23-49-45(27-36)46-30-43-41-16-8-6-14-39(41)40-15-7-9-17-42(40)44(43)31-50(46)53(49)38-22-18-33-12-4-5-13-34(33)26-38/h1-31H. The zero-order valence-electron chi connectivity index (χ0n) is 29.3. The fraction of sp³-hybridized carbons (Fsp3) is 0. The molecule has 12 rings (SSSR count). The first-order valence-electron chi connectivity index (χ1n) is 18.6. The molecule has 0 bridgehead atoms. The van der Waals surface area contributed by atoms with Gasteiger partial charge in [-0.2, -0.15) is 0 Å². The summed E-state index contributed by atoms with van der Waals surface area (Å²) in [5.74, 6) is 0. The van der Waals surface area contributed by atoms with E-state index in [9.17, 15) is 0 Å². The van der Waals surface area contributed by atoms with Crippen molar-refractivity contribution in [3.8, 4) is 27.9 Å². The molecule has 2 heteroatoms. The van der Waals surface area contributed by atoms with E-state index in [1.165, 1.54) is 87.1 Å². The summed E-state index contributed by atoms with van der Waals surface area (Å²) < 4.78 is 8.81. The molecular weight excluding hydrogens is 655 g/mol. The Morgan fingerprint density at radius 2 is 0.796 bits per heavy atom. The highest BCUT2D eigenvalue weighted by Gasteiger charge is 2.18. The lowest BCUT2D eigenvalue weighted by molar-refractivity contribution is 0.669. The molecule has 2 nitrogen and oxygen atoms in total. The van der Waals surface area contributed by atoms with Gasteiger partial charge in [-0.05, 0) is 126 Å². The zero-order valence-corrected chi connectivity index (χ0v) is 29.3. The summed E-state index contributed by atoms with van der Waals surface area (Å²) in [6.07, 6.45) is 0. The van der Waals surface area contributed by atoms with Gasteiger partial charge in [0, 0.05) is 27.2 Å². The summed E-state index contributed by atoms with van der Waals surface area (Å²) in [7, 11) is 0. The lowest BCUT2D eigenvalue weighted by atomic mass is 9.93. The molecule has 0 saturated heterocycles. The van der Waals surface area contributed by atoms with Crippen molar-refractivity contribution in [2.75, 3.05) is 0 Å². The van der Waals surface area contributed by atoms with Crippen molar-refractivity contribution in [2.24, 2.45) is 0 Å². The summed E-state index contributed by atoms with van der Waals surface area (Å²) in [5, 5.41) is 14.9. The highest BCUT2D eigenvalue weighted by Crippen LogP contribution is 2.43. The number of nitrogens with zero attached hydrogens (tertiary/aromatic N) is 1. The first-order chi connectivity index (χ1) is 26.7. The van der Waals surface area contributed by atoms with Crippen LogP contribution in [0.1, 0.15) is 0 Å². The predicted molar refractivity (Wildman–Crippen MR) is 229 cm³/mol. The summed E-state index contributed by atoms with van der Waals surface area (Å²) in [6, 6.07) is 68.7. The van der Waals surface area contributed by atoms with Gasteiger partial charge in [0.05, 0.1) is 11.0 Å². The maximum absolute atomic E-state index is 6.35. The van der Waals surface area contributed by atoms with Crippen LogP contribution in [-0.2, 0) is 0 Å². The number of fused-ring (bicyclic) bond motifs is 13. The van der Waals surface area contributed by atoms with E-state index < -0.39 is 0 Å². The normalized spacial score (nSPS) is 12.1. The average Bonchev–Trinajstić information content (AvgIpc) is 3.77. The SMILES string of the molecule is c1ccc(-c2ccc3oc4ccc(-c5ccc6c(c5)c5cc7c8ccccc8c8ccccc8c7cc5n6-c5ccc6ccccc6c5)cc4c3c2)cc1. The number of aromatic nitrogens is 1. The maximum Gasteiger partial charge on any atom is 0.135 e. The Hall–Kier alpha value is -7.16. The molecular formula is C52H31NO. The molecule has 0 aliphatic heterocycles. The van der Waals surface area contributed by atoms with Crippen LogP contribution in [0.4, 0.5) is 0 Å². The molecule has 0 radical (unpaired) electrons. The minimum Gasteiger partial charge on any atom is -0.456 e. The Morgan fingerprint density at radius 3 is 1.48 bits per heavy atom. The summed E-state index contributed by atoms with van der Waals surface area (Å²) in [5.41, 5.74) is 10.1. The number of hydrogen-bond acceptors (Lipinski definition) is 1. The van der Waals surface area contributed by atoms with Gasteiger partial charge in [0.2, 0.25) is 0 Å². The minimum absolute atomic E-state index is 0.901. The quantitative estimate of drug-likeness (QED) is 0.169. The Labute approximate surface area is 310 Å². The smallest absolute Gasteiger partial charge is 0.135 e. The predicted octanol–water partition coefficient (Wildman–Crippen LogP) is 14.6. The van der Waals surface area contributed by atoms with Gasteiger partial charge < -0.3 is 8.98 Å². The molecule has 0 fully saturated rings. The molecule has 0 aliphatic rings. The van der Waals surface area contributed by atoms with Crippen LogP contribution in [0.25, 0.3) is 115 Å². The van der Waals surface area contributed by atoms with Gasteiger partial charge in [-0.1, -0.05) is 127 Å². The highest BCUT2D eigenvalue weighted by atomic mass is 16.3. The molecule has 12 aromatic rings. The van der Waals surface area contributed by atoms with Crippen molar-refractivity contribution in [2.45, 2.75) is 0 Å². The third kappa shape index (κ3) is 4.28. The largest absolute Gasteiger partial charge is 0.456 e. The van der Waals surface area contributed by atoms with Gasteiger partial charge in [0.25, 0.3) is 0 Å². The van der Waals surface area contributed by atoms with E-state index in [0.29, 0.717) is 0 Å². The summed E-state index contributed by atoms with van der Waals surface area (Å²) in [4.78, 5) is 0. The Morgan fingerprint density at radius 1 is 0.278 bits per heavy atom. The van der Waals surface area contributed by atoms with Crippen LogP contribution in [0.5, 0.6) is 0 Å². The van der Waals surface area contributed by atoms with Crippen molar-refractivity contribution in [3.05, 3.63) is 188 Å². The fourth-order valence-electron chi connectivity index (χ4n) is 8.96. The van der Waals surface area contributed by atoms with E-state index in [-0.39, 0.29) is 0 Å². The van der Waals surface area contributed by atoms with E-state index in [2.05, 4.69) is 193 Å².